The molecule has 0 saturated carbocycles. The van der Waals surface area contributed by atoms with E-state index < -0.39 is 4.92 Å². The standard InChI is InChI=1S/C17H20ClN5O3/c1-13-19-4-5-21(13)9-6-20-7-10-22(11-8-20)17(24)14-2-3-15(18)16(12-14)23(25)26/h2-5,12H,6-11H2,1H3. The SMILES string of the molecule is Cc1nccn1CCN1CCN(C(=O)c2ccc(Cl)c([N+](=O)[O-])c2)CC1. The topological polar surface area (TPSA) is 84.5 Å². The summed E-state index contributed by atoms with van der Waals surface area (Å²) in [6.07, 6.45) is 3.75. The Hall–Kier alpha value is -2.45. The third kappa shape index (κ3) is 4.03. The molecule has 0 bridgehead atoms. The second-order valence-corrected chi connectivity index (χ2v) is 6.63. The lowest BCUT2D eigenvalue weighted by atomic mass is 10.1. The molecule has 138 valence electrons. The fourth-order valence-electron chi connectivity index (χ4n) is 3.03. The predicted molar refractivity (Wildman–Crippen MR) is 97.4 cm³/mol. The molecule has 1 saturated heterocycles. The summed E-state index contributed by atoms with van der Waals surface area (Å²) in [7, 11) is 0. The van der Waals surface area contributed by atoms with E-state index in [2.05, 4.69) is 14.5 Å². The molecule has 1 aromatic heterocycles. The number of halogens is 1. The number of aromatic nitrogens is 2. The highest BCUT2D eigenvalue weighted by atomic mass is 35.5. The number of nitro groups is 1. The van der Waals surface area contributed by atoms with E-state index in [0.29, 0.717) is 18.7 Å². The van der Waals surface area contributed by atoms with Gasteiger partial charge in [0, 0.05) is 63.3 Å². The minimum absolute atomic E-state index is 0.0335. The summed E-state index contributed by atoms with van der Waals surface area (Å²) in [6, 6.07) is 4.18. The van der Waals surface area contributed by atoms with E-state index in [1.807, 2.05) is 13.1 Å². The lowest BCUT2D eigenvalue weighted by Crippen LogP contribution is -2.49. The van der Waals surface area contributed by atoms with Crippen molar-refractivity contribution in [2.45, 2.75) is 13.5 Å². The normalized spacial score (nSPS) is 15.2. The molecule has 1 fully saturated rings. The first kappa shape index (κ1) is 18.3. The van der Waals surface area contributed by atoms with Gasteiger partial charge in [0.05, 0.1) is 4.92 Å². The molecule has 0 atom stereocenters. The van der Waals surface area contributed by atoms with E-state index in [4.69, 9.17) is 11.6 Å². The van der Waals surface area contributed by atoms with Crippen molar-refractivity contribution < 1.29 is 9.72 Å². The van der Waals surface area contributed by atoms with Crippen molar-refractivity contribution in [3.8, 4) is 0 Å². The summed E-state index contributed by atoms with van der Waals surface area (Å²) in [6.45, 7) is 6.47. The minimum Gasteiger partial charge on any atom is -0.336 e. The molecule has 3 rings (SSSR count). The number of piperazine rings is 1. The van der Waals surface area contributed by atoms with Gasteiger partial charge in [-0.25, -0.2) is 4.98 Å². The van der Waals surface area contributed by atoms with Gasteiger partial charge in [0.15, 0.2) is 0 Å². The van der Waals surface area contributed by atoms with Crippen LogP contribution in [0.5, 0.6) is 0 Å². The van der Waals surface area contributed by atoms with Crippen LogP contribution in [0, 0.1) is 17.0 Å². The summed E-state index contributed by atoms with van der Waals surface area (Å²) >= 11 is 5.81. The van der Waals surface area contributed by atoms with Gasteiger partial charge in [-0.1, -0.05) is 11.6 Å². The van der Waals surface area contributed by atoms with Crippen LogP contribution in [-0.2, 0) is 6.54 Å². The summed E-state index contributed by atoms with van der Waals surface area (Å²) in [5.74, 6) is 0.790. The smallest absolute Gasteiger partial charge is 0.288 e. The van der Waals surface area contributed by atoms with E-state index in [1.165, 1.54) is 18.2 Å². The molecule has 0 aliphatic carbocycles. The Bertz CT molecular complexity index is 814. The van der Waals surface area contributed by atoms with E-state index in [1.54, 1.807) is 11.1 Å². The van der Waals surface area contributed by atoms with Crippen molar-refractivity contribution in [3.05, 3.63) is 57.1 Å². The number of hydrogen-bond donors (Lipinski definition) is 0. The van der Waals surface area contributed by atoms with Crippen LogP contribution in [0.1, 0.15) is 16.2 Å². The first-order valence-corrected chi connectivity index (χ1v) is 8.77. The second kappa shape index (κ2) is 7.84. The minimum atomic E-state index is -0.574. The average Bonchev–Trinajstić information content (AvgIpc) is 3.05. The number of nitrogens with zero attached hydrogens (tertiary/aromatic N) is 5. The zero-order valence-corrected chi connectivity index (χ0v) is 15.2. The van der Waals surface area contributed by atoms with E-state index in [-0.39, 0.29) is 16.6 Å². The first-order valence-electron chi connectivity index (χ1n) is 8.39. The zero-order chi connectivity index (χ0) is 18.7. The molecule has 0 radical (unpaired) electrons. The van der Waals surface area contributed by atoms with Gasteiger partial charge in [0.25, 0.3) is 11.6 Å². The number of benzene rings is 1. The second-order valence-electron chi connectivity index (χ2n) is 6.22. The Balaban J connectivity index is 1.56. The number of nitro benzene ring substituents is 1. The highest BCUT2D eigenvalue weighted by Gasteiger charge is 2.24. The van der Waals surface area contributed by atoms with Crippen molar-refractivity contribution in [1.29, 1.82) is 0 Å². The fourth-order valence-corrected chi connectivity index (χ4v) is 3.22. The number of rotatable bonds is 5. The van der Waals surface area contributed by atoms with Crippen molar-refractivity contribution in [1.82, 2.24) is 19.4 Å². The lowest BCUT2D eigenvalue weighted by Gasteiger charge is -2.34. The molecule has 9 heteroatoms. The third-order valence-corrected chi connectivity index (χ3v) is 4.95. The number of aryl methyl sites for hydroxylation is 1. The fraction of sp³-hybridized carbons (Fsp3) is 0.412. The van der Waals surface area contributed by atoms with Crippen molar-refractivity contribution in [2.24, 2.45) is 0 Å². The third-order valence-electron chi connectivity index (χ3n) is 4.63. The Kier molecular flexibility index (Phi) is 5.53. The van der Waals surface area contributed by atoms with Gasteiger partial charge in [-0.15, -0.1) is 0 Å². The molecule has 1 aliphatic rings. The summed E-state index contributed by atoms with van der Waals surface area (Å²) < 4.78 is 2.10. The van der Waals surface area contributed by atoms with E-state index >= 15 is 0 Å². The van der Waals surface area contributed by atoms with Gasteiger partial charge >= 0.3 is 0 Å². The molecule has 0 spiro atoms. The van der Waals surface area contributed by atoms with Gasteiger partial charge < -0.3 is 9.47 Å². The van der Waals surface area contributed by atoms with Crippen LogP contribution in [0.15, 0.2) is 30.6 Å². The molecule has 2 aromatic rings. The van der Waals surface area contributed by atoms with Crippen LogP contribution >= 0.6 is 11.6 Å². The molecular formula is C17H20ClN5O3. The zero-order valence-electron chi connectivity index (χ0n) is 14.5. The quantitative estimate of drug-likeness (QED) is 0.589. The van der Waals surface area contributed by atoms with Crippen molar-refractivity contribution in [3.63, 3.8) is 0 Å². The molecule has 2 heterocycles. The van der Waals surface area contributed by atoms with E-state index in [0.717, 1.165) is 32.0 Å². The van der Waals surface area contributed by atoms with Crippen LogP contribution < -0.4 is 0 Å². The number of carbonyl (C=O) groups is 1. The molecule has 1 aromatic carbocycles. The molecule has 1 amide bonds. The predicted octanol–water partition coefficient (Wildman–Crippen LogP) is 2.21. The average molecular weight is 378 g/mol. The Morgan fingerprint density at radius 2 is 2.00 bits per heavy atom. The van der Waals surface area contributed by atoms with Gasteiger partial charge in [-0.2, -0.15) is 0 Å². The number of carbonyl (C=O) groups excluding carboxylic acids is 1. The van der Waals surface area contributed by atoms with Crippen LogP contribution in [0.25, 0.3) is 0 Å². The van der Waals surface area contributed by atoms with Crippen molar-refractivity contribution in [2.75, 3.05) is 32.7 Å². The Morgan fingerprint density at radius 3 is 2.62 bits per heavy atom. The van der Waals surface area contributed by atoms with Crippen LogP contribution in [0.3, 0.4) is 0 Å². The lowest BCUT2D eigenvalue weighted by molar-refractivity contribution is -0.384. The number of imidazole rings is 1. The maximum absolute atomic E-state index is 12.6. The molecule has 26 heavy (non-hydrogen) atoms. The van der Waals surface area contributed by atoms with Gasteiger partial charge in [-0.05, 0) is 19.1 Å². The highest BCUT2D eigenvalue weighted by molar-refractivity contribution is 6.32. The summed E-state index contributed by atoms with van der Waals surface area (Å²) in [4.78, 5) is 31.3. The maximum atomic E-state index is 12.6. The highest BCUT2D eigenvalue weighted by Crippen LogP contribution is 2.25. The molecule has 0 unspecified atom stereocenters. The van der Waals surface area contributed by atoms with Crippen LogP contribution in [0.4, 0.5) is 5.69 Å². The maximum Gasteiger partial charge on any atom is 0.288 e. The largest absolute Gasteiger partial charge is 0.336 e. The Labute approximate surface area is 156 Å². The van der Waals surface area contributed by atoms with Gasteiger partial charge in [-0.3, -0.25) is 19.8 Å². The monoisotopic (exact) mass is 377 g/mol. The van der Waals surface area contributed by atoms with Crippen LogP contribution in [-0.4, -0.2) is 62.9 Å². The van der Waals surface area contributed by atoms with E-state index in [9.17, 15) is 14.9 Å². The number of amides is 1. The Morgan fingerprint density at radius 1 is 1.27 bits per heavy atom. The van der Waals surface area contributed by atoms with Crippen molar-refractivity contribution >= 4 is 23.2 Å². The van der Waals surface area contributed by atoms with Crippen LogP contribution in [0.2, 0.25) is 5.02 Å². The summed E-state index contributed by atoms with van der Waals surface area (Å²) in [5, 5.41) is 11.0. The molecule has 0 N–H and O–H groups in total. The molecule has 8 nitrogen and oxygen atoms in total. The number of hydrogen-bond acceptors (Lipinski definition) is 5. The molecular weight excluding hydrogens is 358 g/mol. The molecule has 1 aliphatic heterocycles. The summed E-state index contributed by atoms with van der Waals surface area (Å²) in [5.41, 5.74) is 0.0513. The van der Waals surface area contributed by atoms with Gasteiger partial charge in [0.2, 0.25) is 0 Å². The first-order chi connectivity index (χ1) is 12.5. The van der Waals surface area contributed by atoms with Gasteiger partial charge in [0.1, 0.15) is 10.8 Å².